The minimum Gasteiger partial charge on any atom is -0.306 e. The first-order chi connectivity index (χ1) is 13.2. The van der Waals surface area contributed by atoms with E-state index in [-0.39, 0.29) is 22.9 Å². The van der Waals surface area contributed by atoms with Crippen LogP contribution in [0, 0.1) is 0 Å². The zero-order valence-electron chi connectivity index (χ0n) is 16.0. The second-order valence-electron chi connectivity index (χ2n) is 6.56. The van der Waals surface area contributed by atoms with Gasteiger partial charge < -0.3 is 9.97 Å². The summed E-state index contributed by atoms with van der Waals surface area (Å²) in [5.74, 6) is -0.00264. The number of hydrogen-bond acceptors (Lipinski definition) is 4. The SMILES string of the molecule is CC(=O)c1ccc2[nH]c(=O)[nH]c2c1.CC(=O)c1ccc2c(c1)n(C)c(=O)n2C. The number of fused-ring (bicyclic) bond motifs is 2. The molecule has 0 radical (unpaired) electrons. The first-order valence-electron chi connectivity index (χ1n) is 8.58. The highest BCUT2D eigenvalue weighted by Crippen LogP contribution is 2.14. The Morgan fingerprint density at radius 2 is 1.29 bits per heavy atom. The van der Waals surface area contributed by atoms with Crippen LogP contribution in [0.3, 0.4) is 0 Å². The minimum absolute atomic E-state index is 0.00759. The third-order valence-corrected chi connectivity index (χ3v) is 4.60. The molecule has 0 aliphatic rings. The summed E-state index contributed by atoms with van der Waals surface area (Å²) in [6.07, 6.45) is 0. The van der Waals surface area contributed by atoms with Crippen molar-refractivity contribution in [1.29, 1.82) is 0 Å². The van der Waals surface area contributed by atoms with Gasteiger partial charge >= 0.3 is 11.4 Å². The lowest BCUT2D eigenvalue weighted by Crippen LogP contribution is -2.19. The van der Waals surface area contributed by atoms with Crippen LogP contribution >= 0.6 is 0 Å². The van der Waals surface area contributed by atoms with Crippen LogP contribution < -0.4 is 11.4 Å². The monoisotopic (exact) mass is 380 g/mol. The Kier molecular flexibility index (Phi) is 4.87. The molecule has 0 atom stereocenters. The van der Waals surface area contributed by atoms with E-state index < -0.39 is 0 Å². The maximum atomic E-state index is 11.6. The summed E-state index contributed by atoms with van der Waals surface area (Å²) >= 11 is 0. The van der Waals surface area contributed by atoms with Crippen LogP contribution in [0.25, 0.3) is 22.1 Å². The third-order valence-electron chi connectivity index (χ3n) is 4.60. The maximum absolute atomic E-state index is 11.6. The van der Waals surface area contributed by atoms with Gasteiger partial charge in [-0.3, -0.25) is 18.7 Å². The molecule has 0 amide bonds. The summed E-state index contributed by atoms with van der Waals surface area (Å²) in [7, 11) is 3.42. The maximum Gasteiger partial charge on any atom is 0.328 e. The molecule has 8 nitrogen and oxygen atoms in total. The molecule has 0 bridgehead atoms. The van der Waals surface area contributed by atoms with Crippen LogP contribution in [0.15, 0.2) is 46.0 Å². The Morgan fingerprint density at radius 1 is 0.750 bits per heavy atom. The van der Waals surface area contributed by atoms with Gasteiger partial charge in [0.2, 0.25) is 0 Å². The Morgan fingerprint density at radius 3 is 1.93 bits per heavy atom. The normalized spacial score (nSPS) is 10.7. The number of imidazole rings is 2. The molecule has 144 valence electrons. The zero-order chi connectivity index (χ0) is 20.6. The van der Waals surface area contributed by atoms with Crippen LogP contribution in [0.4, 0.5) is 0 Å². The molecule has 0 saturated heterocycles. The average molecular weight is 380 g/mol. The topological polar surface area (TPSA) is 110 Å². The van der Waals surface area contributed by atoms with Crippen molar-refractivity contribution in [1.82, 2.24) is 19.1 Å². The molecule has 0 fully saturated rings. The predicted octanol–water partition coefficient (Wildman–Crippen LogP) is 2.14. The minimum atomic E-state index is -0.254. The zero-order valence-corrected chi connectivity index (χ0v) is 16.0. The lowest BCUT2D eigenvalue weighted by atomic mass is 10.1. The number of benzene rings is 2. The van der Waals surface area contributed by atoms with Gasteiger partial charge in [0.05, 0.1) is 22.1 Å². The van der Waals surface area contributed by atoms with Crippen LogP contribution in [0.5, 0.6) is 0 Å². The number of carbonyl (C=O) groups excluding carboxylic acids is 2. The molecule has 0 saturated carbocycles. The van der Waals surface area contributed by atoms with Gasteiger partial charge in [-0.25, -0.2) is 9.59 Å². The van der Waals surface area contributed by atoms with E-state index in [9.17, 15) is 19.2 Å². The van der Waals surface area contributed by atoms with Crippen LogP contribution in [0.1, 0.15) is 34.6 Å². The lowest BCUT2D eigenvalue weighted by molar-refractivity contribution is 0.100. The summed E-state index contributed by atoms with van der Waals surface area (Å²) < 4.78 is 3.11. The van der Waals surface area contributed by atoms with Crippen LogP contribution in [0.2, 0.25) is 0 Å². The number of nitrogens with zero attached hydrogens (tertiary/aromatic N) is 2. The molecule has 0 aliphatic carbocycles. The predicted molar refractivity (Wildman–Crippen MR) is 107 cm³/mol. The Balaban J connectivity index is 0.000000162. The largest absolute Gasteiger partial charge is 0.328 e. The first kappa shape index (κ1) is 19.1. The second kappa shape index (κ2) is 7.15. The molecule has 28 heavy (non-hydrogen) atoms. The van der Waals surface area contributed by atoms with E-state index in [1.165, 1.54) is 13.8 Å². The van der Waals surface area contributed by atoms with E-state index in [1.807, 2.05) is 0 Å². The molecule has 2 heterocycles. The van der Waals surface area contributed by atoms with Crippen molar-refractivity contribution in [2.75, 3.05) is 0 Å². The molecule has 4 rings (SSSR count). The van der Waals surface area contributed by atoms with Crippen molar-refractivity contribution in [3.8, 4) is 0 Å². The summed E-state index contributed by atoms with van der Waals surface area (Å²) in [5, 5.41) is 0. The highest BCUT2D eigenvalue weighted by molar-refractivity contribution is 5.97. The Hall–Kier alpha value is -3.68. The number of aryl methyl sites for hydroxylation is 2. The summed E-state index contributed by atoms with van der Waals surface area (Å²) in [5.41, 5.74) is 3.91. The molecule has 2 aromatic carbocycles. The quantitative estimate of drug-likeness (QED) is 0.519. The van der Waals surface area contributed by atoms with Gasteiger partial charge in [-0.1, -0.05) is 0 Å². The van der Waals surface area contributed by atoms with Gasteiger partial charge in [0, 0.05) is 25.2 Å². The van der Waals surface area contributed by atoms with E-state index in [0.29, 0.717) is 16.6 Å². The summed E-state index contributed by atoms with van der Waals surface area (Å²) in [6.45, 7) is 3.01. The summed E-state index contributed by atoms with van der Waals surface area (Å²) in [6, 6.07) is 10.4. The van der Waals surface area contributed by atoms with E-state index in [0.717, 1.165) is 16.6 Å². The molecular formula is C20H20N4O4. The van der Waals surface area contributed by atoms with E-state index in [4.69, 9.17) is 0 Å². The van der Waals surface area contributed by atoms with Gasteiger partial charge in [0.25, 0.3) is 0 Å². The molecule has 2 N–H and O–H groups in total. The fourth-order valence-electron chi connectivity index (χ4n) is 2.98. The van der Waals surface area contributed by atoms with Crippen molar-refractivity contribution in [3.63, 3.8) is 0 Å². The smallest absolute Gasteiger partial charge is 0.306 e. The van der Waals surface area contributed by atoms with Crippen molar-refractivity contribution < 1.29 is 9.59 Å². The number of aromatic nitrogens is 4. The van der Waals surface area contributed by atoms with E-state index in [1.54, 1.807) is 59.6 Å². The molecule has 8 heteroatoms. The van der Waals surface area contributed by atoms with Crippen molar-refractivity contribution >= 4 is 33.6 Å². The lowest BCUT2D eigenvalue weighted by Gasteiger charge is -1.97. The third kappa shape index (κ3) is 3.44. The van der Waals surface area contributed by atoms with Gasteiger partial charge in [-0.15, -0.1) is 0 Å². The number of H-pyrrole nitrogens is 2. The van der Waals surface area contributed by atoms with Crippen molar-refractivity contribution in [2.45, 2.75) is 13.8 Å². The molecule has 0 unspecified atom stereocenters. The van der Waals surface area contributed by atoms with Gasteiger partial charge in [0.1, 0.15) is 0 Å². The number of ketones is 2. The van der Waals surface area contributed by atoms with Gasteiger partial charge in [-0.05, 0) is 50.2 Å². The van der Waals surface area contributed by atoms with Crippen molar-refractivity contribution in [2.24, 2.45) is 14.1 Å². The van der Waals surface area contributed by atoms with Gasteiger partial charge in [0.15, 0.2) is 11.6 Å². The number of rotatable bonds is 2. The number of aromatic amines is 2. The number of carbonyl (C=O) groups is 2. The van der Waals surface area contributed by atoms with E-state index in [2.05, 4.69) is 9.97 Å². The summed E-state index contributed by atoms with van der Waals surface area (Å²) in [4.78, 5) is 49.9. The molecule has 2 aromatic heterocycles. The Labute approximate surface area is 159 Å². The fourth-order valence-corrected chi connectivity index (χ4v) is 2.98. The second-order valence-corrected chi connectivity index (χ2v) is 6.56. The number of hydrogen-bond donors (Lipinski definition) is 2. The highest BCUT2D eigenvalue weighted by atomic mass is 16.2. The standard InChI is InChI=1S/C11H12N2O2.C9H8N2O2/c1-7(14)8-4-5-9-10(6-8)13(3)11(15)12(9)2;1-5(12)6-2-3-7-8(4-6)11-9(13)10-7/h4-6H,1-3H3;2-4H,1H3,(H2,10,11,13). The molecule has 4 aromatic rings. The highest BCUT2D eigenvalue weighted by Gasteiger charge is 2.09. The average Bonchev–Trinajstić information content (AvgIpc) is 3.13. The van der Waals surface area contributed by atoms with Crippen LogP contribution in [-0.4, -0.2) is 30.7 Å². The number of Topliss-reactive ketones (excluding diaryl/α,β-unsaturated/α-hetero) is 2. The molecular weight excluding hydrogens is 360 g/mol. The van der Waals surface area contributed by atoms with Crippen molar-refractivity contribution in [3.05, 3.63) is 68.5 Å². The Bertz CT molecular complexity index is 1330. The molecule has 0 spiro atoms. The van der Waals surface area contributed by atoms with Crippen LogP contribution in [-0.2, 0) is 14.1 Å². The molecule has 0 aliphatic heterocycles. The number of nitrogens with one attached hydrogen (secondary N) is 2. The fraction of sp³-hybridized carbons (Fsp3) is 0.200. The van der Waals surface area contributed by atoms with E-state index >= 15 is 0 Å². The first-order valence-corrected chi connectivity index (χ1v) is 8.58. The van der Waals surface area contributed by atoms with Gasteiger partial charge in [-0.2, -0.15) is 0 Å².